The largest absolute Gasteiger partial charge is 0.459 e. The summed E-state index contributed by atoms with van der Waals surface area (Å²) in [5.74, 6) is 0. The Hall–Kier alpha value is -0.0400. The third-order valence-electron chi connectivity index (χ3n) is 1.34. The van der Waals surface area contributed by atoms with Crippen molar-refractivity contribution in [2.75, 3.05) is 7.05 Å². The van der Waals surface area contributed by atoms with Crippen LogP contribution < -0.4 is 0 Å². The second-order valence-corrected chi connectivity index (χ2v) is 2.01. The van der Waals surface area contributed by atoms with Gasteiger partial charge in [0.1, 0.15) is 0 Å². The maximum absolute atomic E-state index is 3.74. The molecule has 0 fully saturated rings. The maximum atomic E-state index is 3.74. The van der Waals surface area contributed by atoms with Crippen LogP contribution in [0.1, 0.15) is 20.3 Å². The van der Waals surface area contributed by atoms with E-state index in [2.05, 4.69) is 20.9 Å². The molecule has 1 nitrogen and oxygen atoms in total. The van der Waals surface area contributed by atoms with Crippen LogP contribution in [0.5, 0.6) is 0 Å². The zero-order valence-electron chi connectivity index (χ0n) is 5.44. The molecule has 1 unspecified atom stereocenters. The highest BCUT2D eigenvalue weighted by atomic mass is 15.1. The smallest absolute Gasteiger partial charge is 0.0218 e. The number of hydrogen-bond acceptors (Lipinski definition) is 1. The van der Waals surface area contributed by atoms with Gasteiger partial charge in [-0.1, -0.05) is 13.8 Å². The minimum atomic E-state index is 0.625. The molecule has 0 heterocycles. The summed E-state index contributed by atoms with van der Waals surface area (Å²) >= 11 is 0. The fourth-order valence-corrected chi connectivity index (χ4v) is 0.312. The van der Waals surface area contributed by atoms with E-state index in [9.17, 15) is 0 Å². The zero-order valence-corrected chi connectivity index (χ0v) is 5.44. The Morgan fingerprint density at radius 2 is 2.14 bits per heavy atom. The van der Waals surface area contributed by atoms with Gasteiger partial charge in [-0.05, 0) is 19.5 Å². The minimum absolute atomic E-state index is 0.625. The summed E-state index contributed by atoms with van der Waals surface area (Å²) in [6, 6.07) is 0.625. The molecule has 0 N–H and O–H groups in total. The molecule has 0 amide bonds. The topological polar surface area (TPSA) is 3.24 Å². The summed E-state index contributed by atoms with van der Waals surface area (Å²) in [6.07, 6.45) is 1.18. The minimum Gasteiger partial charge on any atom is -0.459 e. The second kappa shape index (κ2) is 3.03. The predicted molar refractivity (Wildman–Crippen MR) is 32.9 cm³/mol. The van der Waals surface area contributed by atoms with E-state index >= 15 is 0 Å². The van der Waals surface area contributed by atoms with Crippen molar-refractivity contribution >= 4 is 0 Å². The van der Waals surface area contributed by atoms with Crippen LogP contribution in [0, 0.1) is 7.05 Å². The highest BCUT2D eigenvalue weighted by Crippen LogP contribution is 1.95. The molecular formula is C6H14N-. The summed E-state index contributed by atoms with van der Waals surface area (Å²) in [5.41, 5.74) is 0. The normalized spacial score (nSPS) is 15.0. The molecule has 0 aliphatic carbocycles. The molecule has 0 saturated carbocycles. The third-order valence-corrected chi connectivity index (χ3v) is 1.34. The SMILES string of the molecule is [CH2-]N(C)C(C)CC. The average molecular weight is 100 g/mol. The first-order valence-corrected chi connectivity index (χ1v) is 2.71. The van der Waals surface area contributed by atoms with Gasteiger partial charge in [0, 0.05) is 0 Å². The van der Waals surface area contributed by atoms with Crippen LogP contribution in [0.15, 0.2) is 0 Å². The second-order valence-electron chi connectivity index (χ2n) is 2.01. The lowest BCUT2D eigenvalue weighted by atomic mass is 10.2. The first kappa shape index (κ1) is 6.96. The predicted octanol–water partition coefficient (Wildman–Crippen LogP) is 1.51. The fraction of sp³-hybridized carbons (Fsp3) is 0.833. The molecule has 7 heavy (non-hydrogen) atoms. The molecule has 0 spiro atoms. The molecule has 0 radical (unpaired) electrons. The van der Waals surface area contributed by atoms with E-state index in [1.54, 1.807) is 0 Å². The number of rotatable bonds is 2. The van der Waals surface area contributed by atoms with Crippen molar-refractivity contribution < 1.29 is 0 Å². The first-order valence-electron chi connectivity index (χ1n) is 2.71. The van der Waals surface area contributed by atoms with Crippen LogP contribution in [0.2, 0.25) is 0 Å². The van der Waals surface area contributed by atoms with Crippen LogP contribution in [-0.4, -0.2) is 18.0 Å². The Kier molecular flexibility index (Phi) is 3.01. The van der Waals surface area contributed by atoms with E-state index < -0.39 is 0 Å². The van der Waals surface area contributed by atoms with Gasteiger partial charge in [0.05, 0.1) is 0 Å². The lowest BCUT2D eigenvalue weighted by Gasteiger charge is -2.25. The lowest BCUT2D eigenvalue weighted by Crippen LogP contribution is -2.20. The van der Waals surface area contributed by atoms with Crippen LogP contribution >= 0.6 is 0 Å². The van der Waals surface area contributed by atoms with E-state index in [4.69, 9.17) is 0 Å². The van der Waals surface area contributed by atoms with Crippen molar-refractivity contribution in [2.45, 2.75) is 26.3 Å². The molecule has 0 aliphatic heterocycles. The van der Waals surface area contributed by atoms with Gasteiger partial charge in [0.2, 0.25) is 0 Å². The fourth-order valence-electron chi connectivity index (χ4n) is 0.312. The lowest BCUT2D eigenvalue weighted by molar-refractivity contribution is 0.338. The Morgan fingerprint density at radius 1 is 1.71 bits per heavy atom. The number of hydrogen-bond donors (Lipinski definition) is 0. The van der Waals surface area contributed by atoms with Gasteiger partial charge in [-0.15, -0.1) is 0 Å². The van der Waals surface area contributed by atoms with Crippen molar-refractivity contribution in [3.63, 3.8) is 0 Å². The van der Waals surface area contributed by atoms with E-state index in [0.29, 0.717) is 6.04 Å². The van der Waals surface area contributed by atoms with Crippen molar-refractivity contribution in [3.05, 3.63) is 7.05 Å². The van der Waals surface area contributed by atoms with Crippen LogP contribution in [0.4, 0.5) is 0 Å². The molecule has 0 aromatic carbocycles. The van der Waals surface area contributed by atoms with Gasteiger partial charge >= 0.3 is 0 Å². The van der Waals surface area contributed by atoms with E-state index in [1.807, 2.05) is 11.9 Å². The molecule has 0 bridgehead atoms. The quantitative estimate of drug-likeness (QED) is 0.475. The van der Waals surface area contributed by atoms with Gasteiger partial charge in [0.15, 0.2) is 0 Å². The summed E-state index contributed by atoms with van der Waals surface area (Å²) in [6.45, 7) is 4.32. The Bertz CT molecular complexity index is 41.4. The Labute approximate surface area is 46.3 Å². The summed E-state index contributed by atoms with van der Waals surface area (Å²) in [4.78, 5) is 1.97. The molecule has 44 valence electrons. The van der Waals surface area contributed by atoms with Gasteiger partial charge in [-0.3, -0.25) is 7.05 Å². The van der Waals surface area contributed by atoms with Gasteiger partial charge in [-0.25, -0.2) is 0 Å². The van der Waals surface area contributed by atoms with Crippen molar-refractivity contribution in [3.8, 4) is 0 Å². The molecule has 0 aromatic heterocycles. The van der Waals surface area contributed by atoms with Gasteiger partial charge in [0.25, 0.3) is 0 Å². The highest BCUT2D eigenvalue weighted by molar-refractivity contribution is 4.56. The summed E-state index contributed by atoms with van der Waals surface area (Å²) < 4.78 is 0. The summed E-state index contributed by atoms with van der Waals surface area (Å²) in [7, 11) is 5.74. The summed E-state index contributed by atoms with van der Waals surface area (Å²) in [5, 5.41) is 0. The maximum Gasteiger partial charge on any atom is -0.0218 e. The first-order chi connectivity index (χ1) is 3.18. The van der Waals surface area contributed by atoms with E-state index in [1.165, 1.54) is 6.42 Å². The van der Waals surface area contributed by atoms with Crippen molar-refractivity contribution in [1.29, 1.82) is 0 Å². The van der Waals surface area contributed by atoms with Gasteiger partial charge < -0.3 is 4.90 Å². The molecule has 0 aromatic rings. The average Bonchev–Trinajstić information content (AvgIpc) is 1.65. The van der Waals surface area contributed by atoms with E-state index in [-0.39, 0.29) is 0 Å². The van der Waals surface area contributed by atoms with E-state index in [0.717, 1.165) is 0 Å². The molecule has 0 aliphatic rings. The van der Waals surface area contributed by atoms with Crippen molar-refractivity contribution in [2.24, 2.45) is 0 Å². The highest BCUT2D eigenvalue weighted by Gasteiger charge is 1.91. The van der Waals surface area contributed by atoms with Gasteiger partial charge in [-0.2, -0.15) is 0 Å². The number of nitrogens with zero attached hydrogens (tertiary/aromatic N) is 1. The zero-order chi connectivity index (χ0) is 5.86. The standard InChI is InChI=1S/C6H14N/c1-5-6(2)7(3)4/h6H,3,5H2,1-2,4H3/q-1. The molecule has 0 saturated heterocycles. The van der Waals surface area contributed by atoms with Crippen LogP contribution in [-0.2, 0) is 0 Å². The molecule has 1 heteroatoms. The Balaban J connectivity index is 3.14. The monoisotopic (exact) mass is 100 g/mol. The Morgan fingerprint density at radius 3 is 2.14 bits per heavy atom. The third kappa shape index (κ3) is 2.63. The molecular weight excluding hydrogens is 86.1 g/mol. The van der Waals surface area contributed by atoms with Crippen molar-refractivity contribution in [1.82, 2.24) is 4.90 Å². The molecule has 0 rings (SSSR count). The van der Waals surface area contributed by atoms with Crippen LogP contribution in [0.3, 0.4) is 0 Å². The van der Waals surface area contributed by atoms with Crippen LogP contribution in [0.25, 0.3) is 0 Å². The molecule has 1 atom stereocenters.